The van der Waals surface area contributed by atoms with Crippen molar-refractivity contribution in [3.05, 3.63) is 47.1 Å². The third kappa shape index (κ3) is 2.46. The second kappa shape index (κ2) is 4.45. The fourth-order valence-corrected chi connectivity index (χ4v) is 1.51. The molecule has 1 aromatic carbocycles. The number of hydrogen-bond donors (Lipinski definition) is 1. The van der Waals surface area contributed by atoms with E-state index in [0.29, 0.717) is 12.2 Å². The number of aliphatic hydroxyl groups excluding tert-OH is 1. The summed E-state index contributed by atoms with van der Waals surface area (Å²) in [6, 6.07) is 8.14. The molecule has 1 atom stereocenters. The van der Waals surface area contributed by atoms with E-state index in [1.165, 1.54) is 5.56 Å². The van der Waals surface area contributed by atoms with Gasteiger partial charge in [-0.2, -0.15) is 4.98 Å². The largest absolute Gasteiger partial charge is 0.384 e. The molecule has 1 aromatic heterocycles. The number of nitrogens with zero attached hydrogens (tertiary/aromatic N) is 2. The molecule has 0 amide bonds. The SMILES string of the molecule is Cc1cccc(Cc2noc([C@H](C)O)n2)c1. The minimum atomic E-state index is -0.709. The van der Waals surface area contributed by atoms with Crippen molar-refractivity contribution in [2.24, 2.45) is 0 Å². The number of aryl methyl sites for hydroxylation is 1. The van der Waals surface area contributed by atoms with Gasteiger partial charge >= 0.3 is 0 Å². The Bertz CT molecular complexity index is 477. The van der Waals surface area contributed by atoms with Gasteiger partial charge in [-0.1, -0.05) is 35.0 Å². The first-order valence-corrected chi connectivity index (χ1v) is 5.21. The molecule has 0 aliphatic carbocycles. The molecule has 0 bridgehead atoms. The van der Waals surface area contributed by atoms with Crippen LogP contribution >= 0.6 is 0 Å². The highest BCUT2D eigenvalue weighted by Crippen LogP contribution is 2.12. The Labute approximate surface area is 93.9 Å². The molecule has 0 unspecified atom stereocenters. The van der Waals surface area contributed by atoms with Crippen molar-refractivity contribution in [2.75, 3.05) is 0 Å². The monoisotopic (exact) mass is 218 g/mol. The Balaban J connectivity index is 2.14. The van der Waals surface area contributed by atoms with Crippen LogP contribution in [0.1, 0.15) is 35.9 Å². The van der Waals surface area contributed by atoms with Crippen LogP contribution in [0.4, 0.5) is 0 Å². The van der Waals surface area contributed by atoms with Crippen molar-refractivity contribution in [3.8, 4) is 0 Å². The van der Waals surface area contributed by atoms with Crippen LogP contribution in [0.2, 0.25) is 0 Å². The predicted molar refractivity (Wildman–Crippen MR) is 58.9 cm³/mol. The summed E-state index contributed by atoms with van der Waals surface area (Å²) in [5.41, 5.74) is 2.34. The van der Waals surface area contributed by atoms with Crippen molar-refractivity contribution in [1.82, 2.24) is 10.1 Å². The van der Waals surface area contributed by atoms with Crippen molar-refractivity contribution in [3.63, 3.8) is 0 Å². The Morgan fingerprint density at radius 1 is 1.44 bits per heavy atom. The van der Waals surface area contributed by atoms with Gasteiger partial charge in [-0.15, -0.1) is 0 Å². The quantitative estimate of drug-likeness (QED) is 0.856. The fraction of sp³-hybridized carbons (Fsp3) is 0.333. The lowest BCUT2D eigenvalue weighted by atomic mass is 10.1. The Hall–Kier alpha value is -1.68. The van der Waals surface area contributed by atoms with Gasteiger partial charge in [-0.25, -0.2) is 0 Å². The number of rotatable bonds is 3. The maximum Gasteiger partial charge on any atom is 0.255 e. The first-order valence-electron chi connectivity index (χ1n) is 5.21. The molecule has 0 aliphatic rings. The summed E-state index contributed by atoms with van der Waals surface area (Å²) in [7, 11) is 0. The number of aliphatic hydroxyl groups is 1. The summed E-state index contributed by atoms with van der Waals surface area (Å²) in [6.07, 6.45) is -0.0866. The van der Waals surface area contributed by atoms with Gasteiger partial charge in [-0.3, -0.25) is 0 Å². The topological polar surface area (TPSA) is 59.2 Å². The van der Waals surface area contributed by atoms with Gasteiger partial charge in [0.25, 0.3) is 5.89 Å². The molecule has 0 saturated heterocycles. The van der Waals surface area contributed by atoms with Crippen LogP contribution in [0.25, 0.3) is 0 Å². The van der Waals surface area contributed by atoms with Gasteiger partial charge in [0.2, 0.25) is 0 Å². The van der Waals surface area contributed by atoms with Crippen LogP contribution in [0.3, 0.4) is 0 Å². The third-order valence-corrected chi connectivity index (χ3v) is 2.29. The van der Waals surface area contributed by atoms with Crippen molar-refractivity contribution < 1.29 is 9.63 Å². The van der Waals surface area contributed by atoms with Gasteiger partial charge in [0.1, 0.15) is 6.10 Å². The molecular formula is C12H14N2O2. The van der Waals surface area contributed by atoms with E-state index in [2.05, 4.69) is 16.2 Å². The van der Waals surface area contributed by atoms with Gasteiger partial charge < -0.3 is 9.63 Å². The van der Waals surface area contributed by atoms with Gasteiger partial charge in [-0.05, 0) is 19.4 Å². The Morgan fingerprint density at radius 2 is 2.25 bits per heavy atom. The number of aromatic nitrogens is 2. The molecule has 2 rings (SSSR count). The van der Waals surface area contributed by atoms with E-state index >= 15 is 0 Å². The van der Waals surface area contributed by atoms with Crippen LogP contribution in [0.15, 0.2) is 28.8 Å². The normalized spacial score (nSPS) is 12.7. The highest BCUT2D eigenvalue weighted by Gasteiger charge is 2.11. The number of benzene rings is 1. The Kier molecular flexibility index (Phi) is 3.01. The zero-order valence-electron chi connectivity index (χ0n) is 9.34. The summed E-state index contributed by atoms with van der Waals surface area (Å²) in [5, 5.41) is 13.1. The van der Waals surface area contributed by atoms with Crippen LogP contribution in [-0.4, -0.2) is 15.2 Å². The van der Waals surface area contributed by atoms with Gasteiger partial charge in [0.15, 0.2) is 5.82 Å². The standard InChI is InChI=1S/C12H14N2O2/c1-8-4-3-5-10(6-8)7-11-13-12(9(2)15)16-14-11/h3-6,9,15H,7H2,1-2H3/t9-/m0/s1. The molecule has 1 N–H and O–H groups in total. The first kappa shape index (κ1) is 10.8. The fourth-order valence-electron chi connectivity index (χ4n) is 1.51. The van der Waals surface area contributed by atoms with E-state index in [4.69, 9.17) is 4.52 Å². The average Bonchev–Trinajstić information content (AvgIpc) is 2.66. The maximum atomic E-state index is 9.25. The third-order valence-electron chi connectivity index (χ3n) is 2.29. The van der Waals surface area contributed by atoms with Crippen molar-refractivity contribution >= 4 is 0 Å². The average molecular weight is 218 g/mol. The van der Waals surface area contributed by atoms with Crippen LogP contribution < -0.4 is 0 Å². The van der Waals surface area contributed by atoms with E-state index in [0.717, 1.165) is 5.56 Å². The molecule has 4 nitrogen and oxygen atoms in total. The lowest BCUT2D eigenvalue weighted by molar-refractivity contribution is 0.151. The summed E-state index contributed by atoms with van der Waals surface area (Å²) in [5.74, 6) is 0.865. The zero-order chi connectivity index (χ0) is 11.5. The molecule has 0 radical (unpaired) electrons. The predicted octanol–water partition coefficient (Wildman–Crippen LogP) is 2.02. The van der Waals surface area contributed by atoms with Gasteiger partial charge in [0, 0.05) is 6.42 Å². The van der Waals surface area contributed by atoms with E-state index in [1.807, 2.05) is 25.1 Å². The van der Waals surface area contributed by atoms with Crippen molar-refractivity contribution in [2.45, 2.75) is 26.4 Å². The summed E-state index contributed by atoms with van der Waals surface area (Å²) in [6.45, 7) is 3.64. The molecular weight excluding hydrogens is 204 g/mol. The molecule has 84 valence electrons. The molecule has 0 spiro atoms. The second-order valence-electron chi connectivity index (χ2n) is 3.89. The minimum absolute atomic E-state index is 0.266. The molecule has 0 saturated carbocycles. The summed E-state index contributed by atoms with van der Waals surface area (Å²) < 4.78 is 4.92. The summed E-state index contributed by atoms with van der Waals surface area (Å²) >= 11 is 0. The number of hydrogen-bond acceptors (Lipinski definition) is 4. The maximum absolute atomic E-state index is 9.25. The molecule has 16 heavy (non-hydrogen) atoms. The second-order valence-corrected chi connectivity index (χ2v) is 3.89. The highest BCUT2D eigenvalue weighted by atomic mass is 16.5. The Morgan fingerprint density at radius 3 is 2.88 bits per heavy atom. The van der Waals surface area contributed by atoms with E-state index < -0.39 is 6.10 Å². The van der Waals surface area contributed by atoms with E-state index in [1.54, 1.807) is 6.92 Å². The minimum Gasteiger partial charge on any atom is -0.384 e. The zero-order valence-corrected chi connectivity index (χ0v) is 9.34. The highest BCUT2D eigenvalue weighted by molar-refractivity contribution is 5.24. The van der Waals surface area contributed by atoms with Crippen molar-refractivity contribution in [1.29, 1.82) is 0 Å². The molecule has 1 heterocycles. The molecule has 0 fully saturated rings. The lowest BCUT2D eigenvalue weighted by Gasteiger charge is -1.98. The van der Waals surface area contributed by atoms with Gasteiger partial charge in [0.05, 0.1) is 0 Å². The van der Waals surface area contributed by atoms with Crippen LogP contribution in [0.5, 0.6) is 0 Å². The smallest absolute Gasteiger partial charge is 0.255 e. The molecule has 4 heteroatoms. The lowest BCUT2D eigenvalue weighted by Crippen LogP contribution is -1.94. The molecule has 0 aliphatic heterocycles. The van der Waals surface area contributed by atoms with Crippen LogP contribution in [0, 0.1) is 6.92 Å². The van der Waals surface area contributed by atoms with E-state index in [9.17, 15) is 5.11 Å². The molecule has 2 aromatic rings. The summed E-state index contributed by atoms with van der Waals surface area (Å²) in [4.78, 5) is 4.11. The first-order chi connectivity index (χ1) is 7.65. The van der Waals surface area contributed by atoms with E-state index in [-0.39, 0.29) is 5.89 Å². The van der Waals surface area contributed by atoms with Crippen LogP contribution in [-0.2, 0) is 6.42 Å².